The fourth-order valence-electron chi connectivity index (χ4n) is 2.08. The van der Waals surface area contributed by atoms with E-state index in [9.17, 15) is 4.39 Å². The van der Waals surface area contributed by atoms with Gasteiger partial charge in [0.1, 0.15) is 5.82 Å². The van der Waals surface area contributed by atoms with Gasteiger partial charge in [0.25, 0.3) is 0 Å². The van der Waals surface area contributed by atoms with Gasteiger partial charge in [-0.15, -0.1) is 0 Å². The summed E-state index contributed by atoms with van der Waals surface area (Å²) >= 11 is 0. The number of benzene rings is 1. The van der Waals surface area contributed by atoms with E-state index in [1.165, 1.54) is 37.7 Å². The number of rotatable bonds is 1. The van der Waals surface area contributed by atoms with Gasteiger partial charge < -0.3 is 0 Å². The summed E-state index contributed by atoms with van der Waals surface area (Å²) in [5, 5.41) is 0. The van der Waals surface area contributed by atoms with E-state index >= 15 is 0 Å². The lowest BCUT2D eigenvalue weighted by molar-refractivity contribution is 0.602. The van der Waals surface area contributed by atoms with Gasteiger partial charge in [-0.05, 0) is 49.8 Å². The highest BCUT2D eigenvalue weighted by Gasteiger charge is 2.05. The first-order chi connectivity index (χ1) is 7.25. The first-order valence-corrected chi connectivity index (χ1v) is 5.71. The standard InChI is InChI=1S/C14H17F/c1-11-7-8-13(10-14(11)15)9-12-5-3-2-4-6-12/h7-10H,2-6H2,1H3. The number of hydrogen-bond acceptors (Lipinski definition) is 0. The summed E-state index contributed by atoms with van der Waals surface area (Å²) in [4.78, 5) is 0. The van der Waals surface area contributed by atoms with Crippen LogP contribution in [0.2, 0.25) is 0 Å². The Morgan fingerprint density at radius 2 is 1.87 bits per heavy atom. The second kappa shape index (κ2) is 4.61. The summed E-state index contributed by atoms with van der Waals surface area (Å²) in [6, 6.07) is 5.49. The molecule has 0 N–H and O–H groups in total. The Balaban J connectivity index is 2.18. The minimum Gasteiger partial charge on any atom is -0.207 e. The van der Waals surface area contributed by atoms with E-state index in [4.69, 9.17) is 0 Å². The van der Waals surface area contributed by atoms with Crippen LogP contribution in [-0.4, -0.2) is 0 Å². The summed E-state index contributed by atoms with van der Waals surface area (Å²) in [6.07, 6.45) is 8.46. The molecule has 2 rings (SSSR count). The highest BCUT2D eigenvalue weighted by molar-refractivity contribution is 5.53. The van der Waals surface area contributed by atoms with Gasteiger partial charge >= 0.3 is 0 Å². The van der Waals surface area contributed by atoms with E-state index in [1.807, 2.05) is 12.1 Å². The van der Waals surface area contributed by atoms with Crippen LogP contribution < -0.4 is 0 Å². The highest BCUT2D eigenvalue weighted by Crippen LogP contribution is 2.25. The van der Waals surface area contributed by atoms with E-state index in [-0.39, 0.29) is 5.82 Å². The van der Waals surface area contributed by atoms with Crippen molar-refractivity contribution in [2.24, 2.45) is 0 Å². The number of hydrogen-bond donors (Lipinski definition) is 0. The molecular formula is C14H17F. The van der Waals surface area contributed by atoms with Crippen molar-refractivity contribution < 1.29 is 4.39 Å². The van der Waals surface area contributed by atoms with Crippen LogP contribution in [0.25, 0.3) is 6.08 Å². The summed E-state index contributed by atoms with van der Waals surface area (Å²) in [5.74, 6) is -0.0971. The molecule has 1 saturated carbocycles. The molecule has 0 spiro atoms. The SMILES string of the molecule is Cc1ccc(C=C2CCCCC2)cc1F. The minimum absolute atomic E-state index is 0.0971. The highest BCUT2D eigenvalue weighted by atomic mass is 19.1. The molecule has 0 nitrogen and oxygen atoms in total. The van der Waals surface area contributed by atoms with Gasteiger partial charge in [-0.1, -0.05) is 30.2 Å². The zero-order valence-corrected chi connectivity index (χ0v) is 9.22. The maximum atomic E-state index is 13.3. The largest absolute Gasteiger partial charge is 0.207 e. The normalized spacial score (nSPS) is 16.5. The Hall–Kier alpha value is -1.11. The molecular weight excluding hydrogens is 187 g/mol. The lowest BCUT2D eigenvalue weighted by Crippen LogP contribution is -1.93. The third kappa shape index (κ3) is 2.68. The average Bonchev–Trinajstić information content (AvgIpc) is 2.25. The Morgan fingerprint density at radius 1 is 1.13 bits per heavy atom. The van der Waals surface area contributed by atoms with Crippen LogP contribution in [0, 0.1) is 12.7 Å². The van der Waals surface area contributed by atoms with E-state index in [1.54, 1.807) is 13.0 Å². The Morgan fingerprint density at radius 3 is 2.53 bits per heavy atom. The second-order valence-corrected chi connectivity index (χ2v) is 4.37. The van der Waals surface area contributed by atoms with Gasteiger partial charge in [-0.25, -0.2) is 4.39 Å². The van der Waals surface area contributed by atoms with Crippen molar-refractivity contribution in [3.8, 4) is 0 Å². The van der Waals surface area contributed by atoms with E-state index in [2.05, 4.69) is 6.08 Å². The van der Waals surface area contributed by atoms with Gasteiger partial charge in [-0.2, -0.15) is 0 Å². The molecule has 1 aliphatic rings. The molecule has 0 heterocycles. The molecule has 0 aliphatic heterocycles. The average molecular weight is 204 g/mol. The van der Waals surface area contributed by atoms with Crippen LogP contribution in [-0.2, 0) is 0 Å². The molecule has 1 aromatic rings. The van der Waals surface area contributed by atoms with E-state index < -0.39 is 0 Å². The first-order valence-electron chi connectivity index (χ1n) is 5.71. The molecule has 0 bridgehead atoms. The maximum Gasteiger partial charge on any atom is 0.126 e. The van der Waals surface area contributed by atoms with Crippen molar-refractivity contribution >= 4 is 6.08 Å². The van der Waals surface area contributed by atoms with Crippen molar-refractivity contribution in [1.29, 1.82) is 0 Å². The van der Waals surface area contributed by atoms with Gasteiger partial charge in [0, 0.05) is 0 Å². The van der Waals surface area contributed by atoms with Crippen LogP contribution in [0.3, 0.4) is 0 Å². The zero-order valence-electron chi connectivity index (χ0n) is 9.22. The summed E-state index contributed by atoms with van der Waals surface area (Å²) in [7, 11) is 0. The topological polar surface area (TPSA) is 0 Å². The van der Waals surface area contributed by atoms with Crippen LogP contribution in [0.5, 0.6) is 0 Å². The Bertz CT molecular complexity index is 369. The van der Waals surface area contributed by atoms with Crippen LogP contribution in [0.4, 0.5) is 4.39 Å². The second-order valence-electron chi connectivity index (χ2n) is 4.37. The van der Waals surface area contributed by atoms with Gasteiger partial charge in [-0.3, -0.25) is 0 Å². The Labute approximate surface area is 90.8 Å². The third-order valence-electron chi connectivity index (χ3n) is 3.06. The van der Waals surface area contributed by atoms with Gasteiger partial charge in [0.15, 0.2) is 0 Å². The monoisotopic (exact) mass is 204 g/mol. The van der Waals surface area contributed by atoms with Crippen molar-refractivity contribution in [3.05, 3.63) is 40.7 Å². The zero-order chi connectivity index (χ0) is 10.7. The van der Waals surface area contributed by atoms with Crippen LogP contribution >= 0.6 is 0 Å². The summed E-state index contributed by atoms with van der Waals surface area (Å²) in [6.45, 7) is 1.80. The predicted molar refractivity (Wildman–Crippen MR) is 62.2 cm³/mol. The molecule has 1 fully saturated rings. The number of allylic oxidation sites excluding steroid dienone is 1. The molecule has 1 aromatic carbocycles. The van der Waals surface area contributed by atoms with Crippen LogP contribution in [0.1, 0.15) is 43.2 Å². The quantitative estimate of drug-likeness (QED) is 0.632. The fourth-order valence-corrected chi connectivity index (χ4v) is 2.08. The summed E-state index contributed by atoms with van der Waals surface area (Å²) < 4.78 is 13.3. The third-order valence-corrected chi connectivity index (χ3v) is 3.06. The molecule has 80 valence electrons. The molecule has 0 aromatic heterocycles. The Kier molecular flexibility index (Phi) is 3.20. The van der Waals surface area contributed by atoms with Crippen molar-refractivity contribution in [3.63, 3.8) is 0 Å². The van der Waals surface area contributed by atoms with Crippen molar-refractivity contribution in [2.45, 2.75) is 39.0 Å². The van der Waals surface area contributed by atoms with Crippen LogP contribution in [0.15, 0.2) is 23.8 Å². The van der Waals surface area contributed by atoms with E-state index in [0.29, 0.717) is 0 Å². The van der Waals surface area contributed by atoms with Crippen molar-refractivity contribution in [2.75, 3.05) is 0 Å². The number of halogens is 1. The molecule has 15 heavy (non-hydrogen) atoms. The van der Waals surface area contributed by atoms with E-state index in [0.717, 1.165) is 11.1 Å². The first kappa shape index (κ1) is 10.4. The smallest absolute Gasteiger partial charge is 0.126 e. The van der Waals surface area contributed by atoms with Gasteiger partial charge in [0.2, 0.25) is 0 Å². The number of aryl methyl sites for hydroxylation is 1. The molecule has 1 heteroatoms. The molecule has 1 aliphatic carbocycles. The fraction of sp³-hybridized carbons (Fsp3) is 0.429. The molecule has 0 radical (unpaired) electrons. The maximum absolute atomic E-state index is 13.3. The predicted octanol–water partition coefficient (Wildman–Crippen LogP) is 4.48. The molecule has 0 saturated heterocycles. The summed E-state index contributed by atoms with van der Waals surface area (Å²) in [5.41, 5.74) is 3.21. The van der Waals surface area contributed by atoms with Crippen molar-refractivity contribution in [1.82, 2.24) is 0 Å². The molecule has 0 amide bonds. The van der Waals surface area contributed by atoms with Gasteiger partial charge in [0.05, 0.1) is 0 Å². The lowest BCUT2D eigenvalue weighted by atomic mass is 9.93. The molecule has 0 atom stereocenters. The minimum atomic E-state index is -0.0971. The molecule has 0 unspecified atom stereocenters. The lowest BCUT2D eigenvalue weighted by Gasteiger charge is -2.13.